The van der Waals surface area contributed by atoms with Gasteiger partial charge in [-0.2, -0.15) is 13.0 Å². The normalized spacial score (nSPS) is 11.8. The number of hydrogen-bond acceptors (Lipinski definition) is 6. The maximum atomic E-state index is 11.3. The van der Waals surface area contributed by atoms with Crippen LogP contribution in [0.25, 0.3) is 24.3 Å². The highest BCUT2D eigenvalue weighted by atomic mass is 32.2. The number of unbranched alkanes of at least 4 members (excludes halogenated alkanes) is 6. The van der Waals surface area contributed by atoms with Crippen molar-refractivity contribution in [3.63, 3.8) is 0 Å². The van der Waals surface area contributed by atoms with E-state index in [1.807, 2.05) is 83.6 Å². The lowest BCUT2D eigenvalue weighted by Crippen LogP contribution is -2.37. The molecule has 3 aromatic rings. The van der Waals surface area contributed by atoms with Crippen LogP contribution < -0.4 is 23.5 Å². The van der Waals surface area contributed by atoms with E-state index in [9.17, 15) is 13.0 Å². The van der Waals surface area contributed by atoms with Crippen molar-refractivity contribution in [1.29, 1.82) is 0 Å². The quantitative estimate of drug-likeness (QED) is 0.0653. The van der Waals surface area contributed by atoms with E-state index in [0.29, 0.717) is 31.3 Å². The number of rotatable bonds is 22. The Morgan fingerprint density at radius 2 is 1.15 bits per heavy atom. The third-order valence-corrected chi connectivity index (χ3v) is 8.50. The highest BCUT2D eigenvalue weighted by Crippen LogP contribution is 2.30. The van der Waals surface area contributed by atoms with E-state index in [1.54, 1.807) is 14.2 Å². The van der Waals surface area contributed by atoms with Crippen molar-refractivity contribution in [3.8, 4) is 23.0 Å². The van der Waals surface area contributed by atoms with Gasteiger partial charge in [0.2, 0.25) is 5.69 Å². The molecule has 1 N–H and O–H groups in total. The fourth-order valence-corrected chi connectivity index (χ4v) is 5.54. The van der Waals surface area contributed by atoms with Crippen LogP contribution >= 0.6 is 0 Å². The molecule has 0 radical (unpaired) electrons. The molecular weight excluding hydrogens is 614 g/mol. The fourth-order valence-electron chi connectivity index (χ4n) is 5.04. The van der Waals surface area contributed by atoms with Gasteiger partial charge >= 0.3 is 0 Å². The number of aryl methyl sites for hydroxylation is 1. The van der Waals surface area contributed by atoms with Gasteiger partial charge in [0.1, 0.15) is 6.54 Å². The number of aromatic nitrogens is 1. The van der Waals surface area contributed by atoms with Gasteiger partial charge in [-0.1, -0.05) is 76.7 Å². The lowest BCUT2D eigenvalue weighted by Gasteiger charge is -2.11. The van der Waals surface area contributed by atoms with Crippen LogP contribution in [0.4, 0.5) is 0 Å². The average Bonchev–Trinajstić information content (AvgIpc) is 3.06. The monoisotopic (exact) mass is 666 g/mol. The number of ether oxygens (including phenoxy) is 4. The second-order valence-electron chi connectivity index (χ2n) is 11.5. The van der Waals surface area contributed by atoms with Crippen LogP contribution in [0.1, 0.15) is 94.0 Å². The van der Waals surface area contributed by atoms with Gasteiger partial charge in [-0.25, -0.2) is 0 Å². The van der Waals surface area contributed by atoms with E-state index >= 15 is 0 Å². The maximum Gasteiger partial charge on any atom is 0.265 e. The van der Waals surface area contributed by atoms with Crippen molar-refractivity contribution in [2.75, 3.05) is 33.2 Å². The zero-order valence-electron chi connectivity index (χ0n) is 28.5. The molecule has 0 saturated heterocycles. The summed E-state index contributed by atoms with van der Waals surface area (Å²) in [7, 11) is -0.757. The SMILES string of the molecule is CCCCCCOc1ccc(C=Cc2cc[n+](CCCS(=O)(=O)O)c(C=Cc3ccc(OCCCCCC)c(OC)c3)c2)cc1OC. The summed E-state index contributed by atoms with van der Waals surface area (Å²) in [5.41, 5.74) is 3.75. The molecule has 0 spiro atoms. The van der Waals surface area contributed by atoms with Gasteiger partial charge < -0.3 is 18.9 Å². The lowest BCUT2D eigenvalue weighted by molar-refractivity contribution is -0.698. The van der Waals surface area contributed by atoms with Gasteiger partial charge in [0.15, 0.2) is 29.2 Å². The predicted molar refractivity (Wildman–Crippen MR) is 191 cm³/mol. The molecule has 0 saturated carbocycles. The first kappa shape index (κ1) is 37.6. The van der Waals surface area contributed by atoms with E-state index in [0.717, 1.165) is 59.6 Å². The summed E-state index contributed by atoms with van der Waals surface area (Å²) in [5.74, 6) is 2.52. The van der Waals surface area contributed by atoms with E-state index in [2.05, 4.69) is 13.8 Å². The summed E-state index contributed by atoms with van der Waals surface area (Å²) < 4.78 is 57.0. The molecule has 0 aliphatic carbocycles. The second-order valence-corrected chi connectivity index (χ2v) is 13.1. The highest BCUT2D eigenvalue weighted by Gasteiger charge is 2.13. The molecule has 9 heteroatoms. The molecule has 0 aliphatic rings. The topological polar surface area (TPSA) is 95.2 Å². The first-order valence-electron chi connectivity index (χ1n) is 16.7. The van der Waals surface area contributed by atoms with Crippen LogP contribution in [0, 0.1) is 0 Å². The van der Waals surface area contributed by atoms with Crippen molar-refractivity contribution in [1.82, 2.24) is 0 Å². The van der Waals surface area contributed by atoms with E-state index < -0.39 is 10.1 Å². The predicted octanol–water partition coefficient (Wildman–Crippen LogP) is 8.53. The van der Waals surface area contributed by atoms with Crippen LogP contribution in [-0.4, -0.2) is 46.2 Å². The minimum absolute atomic E-state index is 0.282. The number of benzene rings is 2. The molecule has 0 atom stereocenters. The van der Waals surface area contributed by atoms with Crippen LogP contribution in [-0.2, 0) is 16.7 Å². The van der Waals surface area contributed by atoms with Gasteiger partial charge in [-0.15, -0.1) is 0 Å². The van der Waals surface area contributed by atoms with Crippen LogP contribution in [0.5, 0.6) is 23.0 Å². The van der Waals surface area contributed by atoms with Crippen molar-refractivity contribution in [2.24, 2.45) is 0 Å². The van der Waals surface area contributed by atoms with Gasteiger partial charge in [0.25, 0.3) is 10.1 Å². The Morgan fingerprint density at radius 3 is 1.64 bits per heavy atom. The van der Waals surface area contributed by atoms with Crippen LogP contribution in [0.15, 0.2) is 54.7 Å². The third kappa shape index (κ3) is 13.8. The molecule has 47 heavy (non-hydrogen) atoms. The Balaban J connectivity index is 1.79. The summed E-state index contributed by atoms with van der Waals surface area (Å²) in [4.78, 5) is 0. The van der Waals surface area contributed by atoms with Crippen molar-refractivity contribution in [3.05, 3.63) is 77.1 Å². The zero-order valence-corrected chi connectivity index (χ0v) is 29.3. The molecule has 8 nitrogen and oxygen atoms in total. The molecule has 0 amide bonds. The molecule has 1 heterocycles. The molecule has 1 aromatic heterocycles. The number of pyridine rings is 1. The van der Waals surface area contributed by atoms with Crippen LogP contribution in [0.3, 0.4) is 0 Å². The summed E-state index contributed by atoms with van der Waals surface area (Å²) >= 11 is 0. The Hall–Kier alpha value is -3.82. The maximum absolute atomic E-state index is 11.3. The Morgan fingerprint density at radius 1 is 0.638 bits per heavy atom. The minimum atomic E-state index is -4.04. The Kier molecular flexibility index (Phi) is 16.4. The molecule has 256 valence electrons. The van der Waals surface area contributed by atoms with E-state index in [-0.39, 0.29) is 12.2 Å². The number of hydrogen-bond donors (Lipinski definition) is 1. The molecule has 0 aliphatic heterocycles. The number of methoxy groups -OCH3 is 2. The van der Waals surface area contributed by atoms with Gasteiger partial charge in [0, 0.05) is 24.6 Å². The zero-order chi connectivity index (χ0) is 33.9. The molecule has 0 unspecified atom stereocenters. The number of nitrogens with zero attached hydrogens (tertiary/aromatic N) is 1. The second kappa shape index (κ2) is 20.4. The molecule has 3 rings (SSSR count). The largest absolute Gasteiger partial charge is 0.493 e. The van der Waals surface area contributed by atoms with E-state index in [4.69, 9.17) is 18.9 Å². The highest BCUT2D eigenvalue weighted by molar-refractivity contribution is 7.85. The third-order valence-electron chi connectivity index (χ3n) is 7.70. The van der Waals surface area contributed by atoms with Crippen molar-refractivity contribution < 1.29 is 36.5 Å². The standard InChI is InChI=1S/C38H51NO7S/c1-5-7-9-11-25-45-35-20-17-31(29-37(35)43-3)14-15-33-22-24-39(23-13-27-47(40,41)42)34(28-33)19-16-32-18-21-36(38(30-32)44-4)46-26-12-10-8-6-2/h14-22,24,28-30H,5-13,23,25-27H2,1-4H3/p+1. The van der Waals surface area contributed by atoms with Gasteiger partial charge in [-0.3, -0.25) is 4.55 Å². The Labute approximate surface area is 281 Å². The van der Waals surface area contributed by atoms with Crippen LogP contribution in [0.2, 0.25) is 0 Å². The summed E-state index contributed by atoms with van der Waals surface area (Å²) in [6, 6.07) is 15.8. The summed E-state index contributed by atoms with van der Waals surface area (Å²) in [6.45, 7) is 6.13. The Bertz CT molecular complexity index is 1550. The first-order chi connectivity index (χ1) is 22.8. The summed E-state index contributed by atoms with van der Waals surface area (Å²) in [6.07, 6.45) is 19.3. The smallest absolute Gasteiger partial charge is 0.265 e. The summed E-state index contributed by atoms with van der Waals surface area (Å²) in [5, 5.41) is 0. The lowest BCUT2D eigenvalue weighted by atomic mass is 10.1. The van der Waals surface area contributed by atoms with Crippen molar-refractivity contribution >= 4 is 34.4 Å². The average molecular weight is 667 g/mol. The van der Waals surface area contributed by atoms with Crippen molar-refractivity contribution in [2.45, 2.75) is 78.2 Å². The fraction of sp³-hybridized carbons (Fsp3) is 0.447. The van der Waals surface area contributed by atoms with Gasteiger partial charge in [-0.05, 0) is 59.9 Å². The minimum Gasteiger partial charge on any atom is -0.493 e. The molecule has 0 bridgehead atoms. The molecular formula is C38H52NO7S+. The first-order valence-corrected chi connectivity index (χ1v) is 18.3. The van der Waals surface area contributed by atoms with Gasteiger partial charge in [0.05, 0.1) is 33.2 Å². The molecule has 0 fully saturated rings. The van der Waals surface area contributed by atoms with E-state index in [1.165, 1.54) is 25.7 Å². The molecule has 2 aromatic carbocycles.